The summed E-state index contributed by atoms with van der Waals surface area (Å²) in [5, 5.41) is 13.7. The SMILES string of the molecule is CCC(NC(=O)NC1CC1)C(=O)O. The quantitative estimate of drug-likeness (QED) is 0.591. The van der Waals surface area contributed by atoms with Gasteiger partial charge in [-0.2, -0.15) is 0 Å². The van der Waals surface area contributed by atoms with Crippen LogP contribution in [0.4, 0.5) is 4.79 Å². The van der Waals surface area contributed by atoms with E-state index in [1.807, 2.05) is 0 Å². The van der Waals surface area contributed by atoms with Gasteiger partial charge in [-0.15, -0.1) is 0 Å². The fourth-order valence-corrected chi connectivity index (χ4v) is 0.951. The summed E-state index contributed by atoms with van der Waals surface area (Å²) < 4.78 is 0. The van der Waals surface area contributed by atoms with Crippen molar-refractivity contribution in [3.63, 3.8) is 0 Å². The van der Waals surface area contributed by atoms with Gasteiger partial charge in [-0.05, 0) is 19.3 Å². The minimum Gasteiger partial charge on any atom is -0.480 e. The zero-order valence-corrected chi connectivity index (χ0v) is 7.54. The van der Waals surface area contributed by atoms with Crippen LogP contribution in [-0.2, 0) is 4.79 Å². The number of amides is 2. The van der Waals surface area contributed by atoms with Crippen LogP contribution in [0.1, 0.15) is 26.2 Å². The van der Waals surface area contributed by atoms with E-state index in [1.54, 1.807) is 6.92 Å². The molecule has 0 bridgehead atoms. The molecule has 1 unspecified atom stereocenters. The number of hydrogen-bond donors (Lipinski definition) is 3. The van der Waals surface area contributed by atoms with Crippen LogP contribution in [-0.4, -0.2) is 29.2 Å². The van der Waals surface area contributed by atoms with Gasteiger partial charge in [-0.1, -0.05) is 6.92 Å². The summed E-state index contributed by atoms with van der Waals surface area (Å²) in [6.07, 6.45) is 2.39. The van der Waals surface area contributed by atoms with Crippen molar-refractivity contribution in [3.05, 3.63) is 0 Å². The number of carbonyl (C=O) groups excluding carboxylic acids is 1. The summed E-state index contributed by atoms with van der Waals surface area (Å²) in [6.45, 7) is 1.72. The minimum absolute atomic E-state index is 0.256. The first kappa shape index (κ1) is 9.83. The highest BCUT2D eigenvalue weighted by atomic mass is 16.4. The molecule has 3 N–H and O–H groups in total. The Morgan fingerprint density at radius 2 is 2.15 bits per heavy atom. The van der Waals surface area contributed by atoms with Gasteiger partial charge in [-0.3, -0.25) is 0 Å². The maximum Gasteiger partial charge on any atom is 0.326 e. The van der Waals surface area contributed by atoms with Crippen molar-refractivity contribution in [3.8, 4) is 0 Å². The molecule has 0 aromatic rings. The molecule has 2 amide bonds. The van der Waals surface area contributed by atoms with E-state index in [9.17, 15) is 9.59 Å². The van der Waals surface area contributed by atoms with Crippen molar-refractivity contribution in [2.24, 2.45) is 0 Å². The van der Waals surface area contributed by atoms with Gasteiger partial charge in [0.25, 0.3) is 0 Å². The number of carboxylic acid groups (broad SMARTS) is 1. The first-order chi connectivity index (χ1) is 6.13. The highest BCUT2D eigenvalue weighted by Crippen LogP contribution is 2.18. The highest BCUT2D eigenvalue weighted by Gasteiger charge is 2.25. The standard InChI is InChI=1S/C8H14N2O3/c1-2-6(7(11)12)10-8(13)9-5-3-4-5/h5-6H,2-4H2,1H3,(H,11,12)(H2,9,10,13). The highest BCUT2D eigenvalue weighted by molar-refractivity contribution is 5.82. The van der Waals surface area contributed by atoms with Crippen molar-refractivity contribution in [1.82, 2.24) is 10.6 Å². The predicted molar refractivity (Wildman–Crippen MR) is 46.4 cm³/mol. The second-order valence-corrected chi connectivity index (χ2v) is 3.19. The van der Waals surface area contributed by atoms with Gasteiger partial charge in [0, 0.05) is 6.04 Å². The third-order valence-electron chi connectivity index (χ3n) is 1.92. The van der Waals surface area contributed by atoms with Gasteiger partial charge in [0.2, 0.25) is 0 Å². The van der Waals surface area contributed by atoms with Gasteiger partial charge >= 0.3 is 12.0 Å². The number of carboxylic acids is 1. The number of nitrogens with one attached hydrogen (secondary N) is 2. The number of hydrogen-bond acceptors (Lipinski definition) is 2. The summed E-state index contributed by atoms with van der Waals surface area (Å²) >= 11 is 0. The number of urea groups is 1. The number of aliphatic carboxylic acids is 1. The first-order valence-corrected chi connectivity index (χ1v) is 4.43. The van der Waals surface area contributed by atoms with E-state index in [-0.39, 0.29) is 12.1 Å². The summed E-state index contributed by atoms with van der Waals surface area (Å²) in [4.78, 5) is 21.6. The minimum atomic E-state index is -0.992. The lowest BCUT2D eigenvalue weighted by atomic mass is 10.2. The van der Waals surface area contributed by atoms with Gasteiger partial charge < -0.3 is 15.7 Å². The van der Waals surface area contributed by atoms with Crippen LogP contribution in [0, 0.1) is 0 Å². The van der Waals surface area contributed by atoms with Gasteiger partial charge in [0.15, 0.2) is 0 Å². The Hall–Kier alpha value is -1.26. The maximum absolute atomic E-state index is 11.1. The zero-order valence-electron chi connectivity index (χ0n) is 7.54. The Morgan fingerprint density at radius 3 is 2.54 bits per heavy atom. The third kappa shape index (κ3) is 3.31. The van der Waals surface area contributed by atoms with E-state index >= 15 is 0 Å². The van der Waals surface area contributed by atoms with Crippen molar-refractivity contribution in [1.29, 1.82) is 0 Å². The van der Waals surface area contributed by atoms with Crippen LogP contribution in [0.15, 0.2) is 0 Å². The van der Waals surface area contributed by atoms with E-state index in [0.717, 1.165) is 12.8 Å². The average molecular weight is 186 g/mol. The smallest absolute Gasteiger partial charge is 0.326 e. The Morgan fingerprint density at radius 1 is 1.54 bits per heavy atom. The zero-order chi connectivity index (χ0) is 9.84. The molecule has 1 saturated carbocycles. The second kappa shape index (κ2) is 4.11. The van der Waals surface area contributed by atoms with Crippen molar-refractivity contribution < 1.29 is 14.7 Å². The fraction of sp³-hybridized carbons (Fsp3) is 0.750. The molecule has 0 aliphatic heterocycles. The monoisotopic (exact) mass is 186 g/mol. The van der Waals surface area contributed by atoms with Crippen LogP contribution >= 0.6 is 0 Å². The molecule has 1 aliphatic rings. The summed E-state index contributed by atoms with van der Waals surface area (Å²) in [5.74, 6) is -0.992. The van der Waals surface area contributed by atoms with Crippen molar-refractivity contribution in [2.45, 2.75) is 38.3 Å². The normalized spacial score (nSPS) is 17.6. The largest absolute Gasteiger partial charge is 0.480 e. The van der Waals surface area contributed by atoms with Crippen molar-refractivity contribution >= 4 is 12.0 Å². The van der Waals surface area contributed by atoms with Gasteiger partial charge in [0.1, 0.15) is 6.04 Å². The average Bonchev–Trinajstić information content (AvgIpc) is 2.83. The molecule has 0 radical (unpaired) electrons. The molecule has 1 rings (SSSR count). The number of carbonyl (C=O) groups is 2. The molecule has 5 heteroatoms. The summed E-state index contributed by atoms with van der Waals surface area (Å²) in [5.41, 5.74) is 0. The molecular weight excluding hydrogens is 172 g/mol. The molecule has 1 atom stereocenters. The topological polar surface area (TPSA) is 78.4 Å². The molecule has 74 valence electrons. The van der Waals surface area contributed by atoms with Crippen molar-refractivity contribution in [2.75, 3.05) is 0 Å². The number of rotatable bonds is 4. The molecule has 1 fully saturated rings. The maximum atomic E-state index is 11.1. The molecule has 5 nitrogen and oxygen atoms in total. The van der Waals surface area contributed by atoms with Crippen LogP contribution in [0.5, 0.6) is 0 Å². The molecular formula is C8H14N2O3. The van der Waals surface area contributed by atoms with Gasteiger partial charge in [-0.25, -0.2) is 9.59 Å². The third-order valence-corrected chi connectivity index (χ3v) is 1.92. The summed E-state index contributed by atoms with van der Waals surface area (Å²) in [6, 6.07) is -0.901. The Labute approximate surface area is 76.5 Å². The van der Waals surface area contributed by atoms with Gasteiger partial charge in [0.05, 0.1) is 0 Å². The lowest BCUT2D eigenvalue weighted by molar-refractivity contribution is -0.139. The second-order valence-electron chi connectivity index (χ2n) is 3.19. The van der Waals surface area contributed by atoms with E-state index < -0.39 is 12.0 Å². The molecule has 13 heavy (non-hydrogen) atoms. The van der Waals surface area contributed by atoms with E-state index in [2.05, 4.69) is 10.6 Å². The van der Waals surface area contributed by atoms with Crippen LogP contribution in [0.2, 0.25) is 0 Å². The molecule has 0 saturated heterocycles. The molecule has 0 spiro atoms. The predicted octanol–water partition coefficient (Wildman–Crippen LogP) is 0.311. The Kier molecular flexibility index (Phi) is 3.11. The van der Waals surface area contributed by atoms with Crippen LogP contribution in [0.3, 0.4) is 0 Å². The summed E-state index contributed by atoms with van der Waals surface area (Å²) in [7, 11) is 0. The fourth-order valence-electron chi connectivity index (χ4n) is 0.951. The molecule has 1 aliphatic carbocycles. The van der Waals surface area contributed by atoms with Crippen LogP contribution < -0.4 is 10.6 Å². The van der Waals surface area contributed by atoms with E-state index in [1.165, 1.54) is 0 Å². The molecule has 0 aromatic heterocycles. The first-order valence-electron chi connectivity index (χ1n) is 4.43. The molecule has 0 aromatic carbocycles. The van der Waals surface area contributed by atoms with E-state index in [0.29, 0.717) is 6.42 Å². The lowest BCUT2D eigenvalue weighted by Gasteiger charge is -2.12. The Bertz CT molecular complexity index is 213. The van der Waals surface area contributed by atoms with Crippen LogP contribution in [0.25, 0.3) is 0 Å². The van der Waals surface area contributed by atoms with E-state index in [4.69, 9.17) is 5.11 Å². The lowest BCUT2D eigenvalue weighted by Crippen LogP contribution is -2.46. The Balaban J connectivity index is 2.26. The molecule has 0 heterocycles.